The molecule has 132 valence electrons. The number of carbonyl (C=O) groups excluding carboxylic acids is 1. The number of carbonyl (C=O) groups is 1. The summed E-state index contributed by atoms with van der Waals surface area (Å²) in [5, 5.41) is 0. The largest absolute Gasteiger partial charge is 0.497 e. The third-order valence-electron chi connectivity index (χ3n) is 4.81. The molecular weight excluding hydrogens is 331 g/mol. The first-order valence-electron chi connectivity index (χ1n) is 8.59. The van der Waals surface area contributed by atoms with Crippen LogP contribution in [0.1, 0.15) is 35.4 Å². The molecule has 5 heteroatoms. The Morgan fingerprint density at radius 3 is 2.73 bits per heavy atom. The lowest BCUT2D eigenvalue weighted by Crippen LogP contribution is -2.39. The van der Waals surface area contributed by atoms with E-state index < -0.39 is 0 Å². The lowest BCUT2D eigenvalue weighted by Gasteiger charge is -2.38. The number of hydrogen-bond donors (Lipinski definition) is 0. The van der Waals surface area contributed by atoms with E-state index >= 15 is 0 Å². The Morgan fingerprint density at radius 1 is 1.12 bits per heavy atom. The highest BCUT2D eigenvalue weighted by molar-refractivity contribution is 6.08. The minimum Gasteiger partial charge on any atom is -0.497 e. The third kappa shape index (κ3) is 2.47. The first-order chi connectivity index (χ1) is 12.6. The molecule has 1 aliphatic rings. The molecule has 0 bridgehead atoms. The molecule has 26 heavy (non-hydrogen) atoms. The van der Waals surface area contributed by atoms with Gasteiger partial charge in [0.2, 0.25) is 0 Å². The van der Waals surface area contributed by atoms with E-state index in [1.807, 2.05) is 29.8 Å². The monoisotopic (exact) mass is 350 g/mol. The van der Waals surface area contributed by atoms with E-state index in [1.165, 1.54) is 12.1 Å². The highest BCUT2D eigenvalue weighted by atomic mass is 19.1. The number of anilines is 1. The molecule has 1 atom stereocenters. The van der Waals surface area contributed by atoms with Gasteiger partial charge in [-0.05, 0) is 55.0 Å². The number of rotatable bonds is 3. The van der Waals surface area contributed by atoms with E-state index in [9.17, 15) is 9.18 Å². The zero-order chi connectivity index (χ0) is 18.3. The second kappa shape index (κ2) is 6.33. The zero-order valence-corrected chi connectivity index (χ0v) is 14.6. The van der Waals surface area contributed by atoms with Crippen LogP contribution >= 0.6 is 0 Å². The van der Waals surface area contributed by atoms with Gasteiger partial charge in [0.15, 0.2) is 0 Å². The second-order valence-corrected chi connectivity index (χ2v) is 6.27. The molecule has 1 aromatic heterocycles. The van der Waals surface area contributed by atoms with E-state index in [-0.39, 0.29) is 17.8 Å². The molecular formula is C21H19FN2O2. The number of nitrogens with zero attached hydrogens (tertiary/aromatic N) is 2. The molecule has 0 saturated heterocycles. The van der Waals surface area contributed by atoms with Gasteiger partial charge in [-0.25, -0.2) is 4.39 Å². The van der Waals surface area contributed by atoms with Gasteiger partial charge in [-0.1, -0.05) is 13.0 Å². The van der Waals surface area contributed by atoms with Crippen LogP contribution < -0.4 is 9.64 Å². The number of methoxy groups -OCH3 is 1. The fourth-order valence-corrected chi connectivity index (χ4v) is 3.62. The van der Waals surface area contributed by atoms with Crippen molar-refractivity contribution >= 4 is 11.6 Å². The van der Waals surface area contributed by atoms with Crippen LogP contribution in [-0.2, 0) is 0 Å². The van der Waals surface area contributed by atoms with Crippen LogP contribution in [-0.4, -0.2) is 17.6 Å². The number of benzene rings is 2. The SMILES string of the molecule is CCC1c2cccn2-c2ccc(F)cc2N1C(=O)c1cccc(OC)c1. The van der Waals surface area contributed by atoms with Gasteiger partial charge in [-0.2, -0.15) is 0 Å². The van der Waals surface area contributed by atoms with Crippen molar-refractivity contribution in [2.24, 2.45) is 0 Å². The van der Waals surface area contributed by atoms with E-state index in [4.69, 9.17) is 4.74 Å². The summed E-state index contributed by atoms with van der Waals surface area (Å²) in [6.45, 7) is 2.03. The Kier molecular flexibility index (Phi) is 3.99. The first kappa shape index (κ1) is 16.4. The Bertz CT molecular complexity index is 980. The molecule has 4 rings (SSSR count). The highest BCUT2D eigenvalue weighted by Crippen LogP contribution is 2.41. The van der Waals surface area contributed by atoms with E-state index in [1.54, 1.807) is 42.3 Å². The summed E-state index contributed by atoms with van der Waals surface area (Å²) < 4.78 is 21.3. The van der Waals surface area contributed by atoms with Crippen LogP contribution in [0.3, 0.4) is 0 Å². The van der Waals surface area contributed by atoms with Gasteiger partial charge in [0.1, 0.15) is 11.6 Å². The van der Waals surface area contributed by atoms with Gasteiger partial charge in [-0.3, -0.25) is 9.69 Å². The van der Waals surface area contributed by atoms with Crippen LogP contribution in [0.15, 0.2) is 60.8 Å². The van der Waals surface area contributed by atoms with Gasteiger partial charge in [0.05, 0.1) is 24.5 Å². The Hall–Kier alpha value is -3.08. The molecule has 2 heterocycles. The number of fused-ring (bicyclic) bond motifs is 3. The molecule has 0 saturated carbocycles. The molecule has 0 aliphatic carbocycles. The highest BCUT2D eigenvalue weighted by Gasteiger charge is 2.34. The van der Waals surface area contributed by atoms with Crippen molar-refractivity contribution in [2.75, 3.05) is 12.0 Å². The lowest BCUT2D eigenvalue weighted by atomic mass is 10.0. The quantitative estimate of drug-likeness (QED) is 0.684. The van der Waals surface area contributed by atoms with Crippen LogP contribution in [0, 0.1) is 5.82 Å². The minimum absolute atomic E-state index is 0.169. The van der Waals surface area contributed by atoms with E-state index in [0.717, 1.165) is 17.8 Å². The normalized spacial score (nSPS) is 15.3. The molecule has 3 aromatic rings. The van der Waals surface area contributed by atoms with Crippen molar-refractivity contribution in [1.29, 1.82) is 0 Å². The Balaban J connectivity index is 1.89. The zero-order valence-electron chi connectivity index (χ0n) is 14.6. The predicted molar refractivity (Wildman–Crippen MR) is 98.6 cm³/mol. The molecule has 0 N–H and O–H groups in total. The maximum Gasteiger partial charge on any atom is 0.259 e. The average Bonchev–Trinajstić information content (AvgIpc) is 3.15. The average molecular weight is 350 g/mol. The smallest absolute Gasteiger partial charge is 0.259 e. The van der Waals surface area contributed by atoms with Crippen LogP contribution in [0.2, 0.25) is 0 Å². The van der Waals surface area contributed by atoms with Crippen LogP contribution in [0.25, 0.3) is 5.69 Å². The molecule has 1 aliphatic heterocycles. The number of aromatic nitrogens is 1. The summed E-state index contributed by atoms with van der Waals surface area (Å²) in [5.41, 5.74) is 2.90. The molecule has 1 unspecified atom stereocenters. The lowest BCUT2D eigenvalue weighted by molar-refractivity contribution is 0.0973. The standard InChI is InChI=1S/C21H19FN2O2/c1-3-17-18-8-5-11-23(18)19-10-9-15(22)13-20(19)24(17)21(25)14-6-4-7-16(12-14)26-2/h4-13,17H,3H2,1-2H3. The number of hydrogen-bond acceptors (Lipinski definition) is 2. The van der Waals surface area contributed by atoms with Gasteiger partial charge >= 0.3 is 0 Å². The van der Waals surface area contributed by atoms with Gasteiger partial charge in [-0.15, -0.1) is 0 Å². The fourth-order valence-electron chi connectivity index (χ4n) is 3.62. The maximum absolute atomic E-state index is 14.0. The van der Waals surface area contributed by atoms with Crippen molar-refractivity contribution < 1.29 is 13.9 Å². The third-order valence-corrected chi connectivity index (χ3v) is 4.81. The van der Waals surface area contributed by atoms with Gasteiger partial charge in [0, 0.05) is 17.5 Å². The maximum atomic E-state index is 14.0. The molecule has 2 aromatic carbocycles. The Morgan fingerprint density at radius 2 is 1.96 bits per heavy atom. The van der Waals surface area contributed by atoms with Crippen molar-refractivity contribution in [3.8, 4) is 11.4 Å². The summed E-state index contributed by atoms with van der Waals surface area (Å²) in [4.78, 5) is 15.1. The number of amides is 1. The fraction of sp³-hybridized carbons (Fsp3) is 0.190. The van der Waals surface area contributed by atoms with Crippen molar-refractivity contribution in [3.63, 3.8) is 0 Å². The summed E-state index contributed by atoms with van der Waals surface area (Å²) >= 11 is 0. The summed E-state index contributed by atoms with van der Waals surface area (Å²) in [7, 11) is 1.57. The molecule has 1 amide bonds. The van der Waals surface area contributed by atoms with Crippen molar-refractivity contribution in [3.05, 3.63) is 77.9 Å². The topological polar surface area (TPSA) is 34.5 Å². The van der Waals surface area contributed by atoms with E-state index in [0.29, 0.717) is 17.0 Å². The molecule has 4 nitrogen and oxygen atoms in total. The molecule has 0 radical (unpaired) electrons. The van der Waals surface area contributed by atoms with Crippen molar-refractivity contribution in [2.45, 2.75) is 19.4 Å². The second-order valence-electron chi connectivity index (χ2n) is 6.27. The van der Waals surface area contributed by atoms with Gasteiger partial charge < -0.3 is 9.30 Å². The van der Waals surface area contributed by atoms with E-state index in [2.05, 4.69) is 0 Å². The predicted octanol–water partition coefficient (Wildman–Crippen LogP) is 4.74. The van der Waals surface area contributed by atoms with Gasteiger partial charge in [0.25, 0.3) is 5.91 Å². The minimum atomic E-state index is -0.363. The van der Waals surface area contributed by atoms with Crippen LogP contribution in [0.5, 0.6) is 5.75 Å². The summed E-state index contributed by atoms with van der Waals surface area (Å²) in [6, 6.07) is 15.4. The number of ether oxygens (including phenoxy) is 1. The molecule has 0 fully saturated rings. The molecule has 0 spiro atoms. The first-order valence-corrected chi connectivity index (χ1v) is 8.59. The number of halogens is 1. The summed E-state index contributed by atoms with van der Waals surface area (Å²) in [5.74, 6) is 0.0800. The van der Waals surface area contributed by atoms with Crippen LogP contribution in [0.4, 0.5) is 10.1 Å². The Labute approximate surface area is 151 Å². The van der Waals surface area contributed by atoms with Crippen molar-refractivity contribution in [1.82, 2.24) is 4.57 Å². The summed E-state index contributed by atoms with van der Waals surface area (Å²) in [6.07, 6.45) is 2.66.